The van der Waals surface area contributed by atoms with Crippen LogP contribution >= 0.6 is 0 Å². The summed E-state index contributed by atoms with van der Waals surface area (Å²) < 4.78 is 34.3. The molecular formula is C34H51F2GeN. The van der Waals surface area contributed by atoms with Crippen LogP contribution in [0.4, 0.5) is 7.00 Å². The molecule has 0 spiro atoms. The van der Waals surface area contributed by atoms with Gasteiger partial charge < -0.3 is 4.48 Å². The van der Waals surface area contributed by atoms with E-state index in [1.165, 1.54) is 82.0 Å². The van der Waals surface area contributed by atoms with Crippen molar-refractivity contribution < 1.29 is 11.5 Å². The Morgan fingerprint density at radius 3 is 0.895 bits per heavy atom. The minimum absolute atomic E-state index is 0.159. The standard InChI is InChI=1S/C18H15F2Ge.C16H36N/c19-21(20,16-10-4-1-5-11-16,17-12-6-2-7-13-17)18-14-8-3-9-15-18;1-5-9-13-17(14-10-6-2,15-11-7-3)16-12-8-4/h1-15H;5-16H2,1-4H3/q-1;+1. The topological polar surface area (TPSA) is 0 Å². The molecule has 3 aromatic carbocycles. The summed E-state index contributed by atoms with van der Waals surface area (Å²) in [6.45, 7) is 15.0. The zero-order valence-corrected chi connectivity index (χ0v) is 26.4. The van der Waals surface area contributed by atoms with Gasteiger partial charge in [-0.25, -0.2) is 0 Å². The van der Waals surface area contributed by atoms with E-state index in [9.17, 15) is 0 Å². The Balaban J connectivity index is 0.000000275. The van der Waals surface area contributed by atoms with Crippen molar-refractivity contribution in [1.82, 2.24) is 0 Å². The predicted molar refractivity (Wildman–Crippen MR) is 166 cm³/mol. The number of rotatable bonds is 15. The Hall–Kier alpha value is -1.98. The van der Waals surface area contributed by atoms with Crippen LogP contribution in [0.25, 0.3) is 0 Å². The summed E-state index contributed by atoms with van der Waals surface area (Å²) in [6.07, 6.45) is 11.1. The molecule has 0 saturated carbocycles. The molecule has 0 radical (unpaired) electrons. The van der Waals surface area contributed by atoms with E-state index in [-0.39, 0.29) is 13.2 Å². The Kier molecular flexibility index (Phi) is 13.7. The zero-order chi connectivity index (χ0) is 27.8. The fraction of sp³-hybridized carbons (Fsp3) is 0.471. The van der Waals surface area contributed by atoms with Crippen LogP contribution in [-0.4, -0.2) is 43.8 Å². The Labute approximate surface area is 233 Å². The van der Waals surface area contributed by atoms with E-state index in [0.29, 0.717) is 0 Å². The molecule has 0 bridgehead atoms. The molecule has 210 valence electrons. The van der Waals surface area contributed by atoms with E-state index >= 15 is 7.00 Å². The van der Waals surface area contributed by atoms with Gasteiger partial charge in [0.15, 0.2) is 0 Å². The van der Waals surface area contributed by atoms with Crippen LogP contribution in [0.1, 0.15) is 79.1 Å². The number of benzene rings is 3. The number of halogens is 2. The molecule has 0 amide bonds. The molecule has 0 aliphatic rings. The summed E-state index contributed by atoms with van der Waals surface area (Å²) in [7, 11) is 0. The van der Waals surface area contributed by atoms with Crippen LogP contribution in [0.5, 0.6) is 0 Å². The Bertz CT molecular complexity index is 868. The van der Waals surface area contributed by atoms with Gasteiger partial charge in [0.25, 0.3) is 0 Å². The SMILES string of the molecule is CCCC[N+](CCCC)(CCCC)CCCC.[F][Ge-]([F])([c]1ccccc1)([c]1ccccc1)[c]1ccccc1. The summed E-state index contributed by atoms with van der Waals surface area (Å²) >= 11 is -6.21. The molecule has 0 aliphatic carbocycles. The Morgan fingerprint density at radius 2 is 0.684 bits per heavy atom. The molecule has 0 aromatic heterocycles. The molecule has 0 aliphatic heterocycles. The van der Waals surface area contributed by atoms with Crippen molar-refractivity contribution >= 4 is 26.3 Å². The minimum atomic E-state index is -6.21. The van der Waals surface area contributed by atoms with Gasteiger partial charge in [-0.1, -0.05) is 53.4 Å². The van der Waals surface area contributed by atoms with Crippen molar-refractivity contribution in [2.24, 2.45) is 0 Å². The molecule has 38 heavy (non-hydrogen) atoms. The second-order valence-corrected chi connectivity index (χ2v) is 18.6. The van der Waals surface area contributed by atoms with Gasteiger partial charge >= 0.3 is 124 Å². The van der Waals surface area contributed by atoms with E-state index in [0.717, 1.165) is 0 Å². The maximum atomic E-state index is 16.2. The van der Waals surface area contributed by atoms with Crippen LogP contribution in [0.15, 0.2) is 91.0 Å². The third-order valence-electron chi connectivity index (χ3n) is 7.79. The molecule has 4 heteroatoms. The first-order valence-corrected chi connectivity index (χ1v) is 19.7. The van der Waals surface area contributed by atoms with E-state index < -0.39 is 13.1 Å². The van der Waals surface area contributed by atoms with E-state index in [1.807, 2.05) is 0 Å². The summed E-state index contributed by atoms with van der Waals surface area (Å²) in [5, 5.41) is 0. The first kappa shape index (κ1) is 32.2. The second-order valence-electron chi connectivity index (χ2n) is 10.8. The fourth-order valence-electron chi connectivity index (χ4n) is 5.34. The molecule has 0 N–H and O–H groups in total. The zero-order valence-electron chi connectivity index (χ0n) is 24.3. The van der Waals surface area contributed by atoms with E-state index in [4.69, 9.17) is 0 Å². The summed E-state index contributed by atoms with van der Waals surface area (Å²) in [4.78, 5) is 0. The quantitative estimate of drug-likeness (QED) is 0.125. The number of hydrogen-bond acceptors (Lipinski definition) is 0. The molecule has 0 saturated heterocycles. The van der Waals surface area contributed by atoms with Crippen LogP contribution < -0.4 is 13.2 Å². The number of hydrogen-bond donors (Lipinski definition) is 0. The summed E-state index contributed by atoms with van der Waals surface area (Å²) in [5.74, 6) is 0. The van der Waals surface area contributed by atoms with Gasteiger partial charge in [-0.15, -0.1) is 0 Å². The van der Waals surface area contributed by atoms with Crippen molar-refractivity contribution in [2.75, 3.05) is 26.2 Å². The third kappa shape index (κ3) is 8.51. The average molecular weight is 584 g/mol. The van der Waals surface area contributed by atoms with Gasteiger partial charge in [-0.3, -0.25) is 0 Å². The van der Waals surface area contributed by atoms with Gasteiger partial charge in [0.2, 0.25) is 0 Å². The van der Waals surface area contributed by atoms with Gasteiger partial charge in [-0.05, 0) is 25.7 Å². The molecule has 3 rings (SSSR count). The first-order valence-electron chi connectivity index (χ1n) is 15.0. The van der Waals surface area contributed by atoms with Crippen molar-refractivity contribution in [3.63, 3.8) is 0 Å². The number of quaternary nitrogens is 1. The summed E-state index contributed by atoms with van der Waals surface area (Å²) in [5.41, 5.74) is 0. The van der Waals surface area contributed by atoms with E-state index in [1.54, 1.807) is 91.0 Å². The van der Waals surface area contributed by atoms with Crippen LogP contribution in [-0.2, 0) is 0 Å². The molecule has 0 unspecified atom stereocenters. The van der Waals surface area contributed by atoms with Crippen molar-refractivity contribution in [2.45, 2.75) is 79.1 Å². The van der Waals surface area contributed by atoms with Gasteiger partial charge in [0.05, 0.1) is 26.2 Å². The monoisotopic (exact) mass is 585 g/mol. The van der Waals surface area contributed by atoms with Crippen LogP contribution in [0, 0.1) is 0 Å². The number of nitrogens with zero attached hydrogens (tertiary/aromatic N) is 1. The molecular weight excluding hydrogens is 533 g/mol. The molecule has 1 nitrogen and oxygen atoms in total. The second kappa shape index (κ2) is 16.2. The molecule has 0 atom stereocenters. The van der Waals surface area contributed by atoms with Crippen molar-refractivity contribution in [1.29, 1.82) is 0 Å². The van der Waals surface area contributed by atoms with Gasteiger partial charge in [-0.2, -0.15) is 0 Å². The van der Waals surface area contributed by atoms with Crippen molar-refractivity contribution in [3.05, 3.63) is 91.0 Å². The van der Waals surface area contributed by atoms with Crippen molar-refractivity contribution in [3.8, 4) is 0 Å². The van der Waals surface area contributed by atoms with Gasteiger partial charge in [0.1, 0.15) is 0 Å². The summed E-state index contributed by atoms with van der Waals surface area (Å²) in [6, 6.07) is 24.7. The number of unbranched alkanes of at least 4 members (excludes halogenated alkanes) is 4. The third-order valence-corrected chi connectivity index (χ3v) is 16.3. The Morgan fingerprint density at radius 1 is 0.447 bits per heavy atom. The van der Waals surface area contributed by atoms with Crippen LogP contribution in [0.3, 0.4) is 0 Å². The normalized spacial score (nSPS) is 12.7. The van der Waals surface area contributed by atoms with Crippen LogP contribution in [0.2, 0.25) is 0 Å². The maximum absolute atomic E-state index is 16.2. The van der Waals surface area contributed by atoms with E-state index in [2.05, 4.69) is 27.7 Å². The average Bonchev–Trinajstić information content (AvgIpc) is 2.98. The molecule has 0 fully saturated rings. The molecule has 3 aromatic rings. The predicted octanol–water partition coefficient (Wildman–Crippen LogP) is 8.05. The molecule has 0 heterocycles. The first-order chi connectivity index (χ1) is 18.4. The fourth-order valence-corrected chi connectivity index (χ4v) is 12.3. The van der Waals surface area contributed by atoms with Gasteiger partial charge in [0, 0.05) is 0 Å².